The Morgan fingerprint density at radius 2 is 2.23 bits per heavy atom. The van der Waals surface area contributed by atoms with Gasteiger partial charge in [-0.25, -0.2) is 0 Å². The van der Waals surface area contributed by atoms with Crippen molar-refractivity contribution in [3.8, 4) is 6.07 Å². The lowest BCUT2D eigenvalue weighted by Crippen LogP contribution is -2.28. The van der Waals surface area contributed by atoms with Gasteiger partial charge < -0.3 is 0 Å². The van der Waals surface area contributed by atoms with Gasteiger partial charge in [0.1, 0.15) is 5.92 Å². The zero-order valence-corrected chi connectivity index (χ0v) is 8.42. The molecular weight excluding hydrogens is 162 g/mol. The van der Waals surface area contributed by atoms with Crippen LogP contribution < -0.4 is 0 Å². The Labute approximate surface area is 79.9 Å². The van der Waals surface area contributed by atoms with E-state index in [0.717, 1.165) is 25.7 Å². The van der Waals surface area contributed by atoms with E-state index in [1.54, 1.807) is 0 Å². The average molecular weight is 179 g/mol. The molecule has 1 fully saturated rings. The number of hydrogen-bond donors (Lipinski definition) is 0. The molecule has 0 aromatic rings. The van der Waals surface area contributed by atoms with Crippen molar-refractivity contribution >= 4 is 5.78 Å². The molecule has 0 bridgehead atoms. The molecule has 0 amide bonds. The predicted octanol–water partition coefficient (Wildman–Crippen LogP) is 2.54. The molecule has 1 aliphatic carbocycles. The van der Waals surface area contributed by atoms with E-state index in [1.165, 1.54) is 0 Å². The van der Waals surface area contributed by atoms with E-state index < -0.39 is 0 Å². The fourth-order valence-corrected chi connectivity index (χ4v) is 2.07. The molecule has 0 N–H and O–H groups in total. The number of carbonyl (C=O) groups is 1. The number of hydrogen-bond acceptors (Lipinski definition) is 2. The highest BCUT2D eigenvalue weighted by atomic mass is 16.1. The minimum Gasteiger partial charge on any atom is -0.298 e. The Bertz CT molecular complexity index is 227. The lowest BCUT2D eigenvalue weighted by Gasteiger charge is -2.24. The maximum absolute atomic E-state index is 11.7. The Kier molecular flexibility index (Phi) is 3.48. The molecule has 0 aromatic heterocycles. The highest BCUT2D eigenvalue weighted by Crippen LogP contribution is 2.29. The first kappa shape index (κ1) is 10.2. The molecule has 0 radical (unpaired) electrons. The SMILES string of the molecule is CC(C)CC1CCCC(C#N)C1=O. The van der Waals surface area contributed by atoms with Crippen LogP contribution in [0.2, 0.25) is 0 Å². The first-order chi connectivity index (χ1) is 6.15. The van der Waals surface area contributed by atoms with Crippen molar-refractivity contribution in [3.05, 3.63) is 0 Å². The Balaban J connectivity index is 2.56. The predicted molar refractivity (Wildman–Crippen MR) is 50.9 cm³/mol. The zero-order valence-electron chi connectivity index (χ0n) is 8.42. The van der Waals surface area contributed by atoms with E-state index in [4.69, 9.17) is 5.26 Å². The van der Waals surface area contributed by atoms with Crippen LogP contribution in [-0.2, 0) is 4.79 Å². The van der Waals surface area contributed by atoms with Crippen LogP contribution in [0.4, 0.5) is 0 Å². The van der Waals surface area contributed by atoms with Gasteiger partial charge >= 0.3 is 0 Å². The molecule has 0 aliphatic heterocycles. The molecule has 0 aromatic carbocycles. The van der Waals surface area contributed by atoms with Gasteiger partial charge in [-0.2, -0.15) is 5.26 Å². The third-order valence-electron chi connectivity index (χ3n) is 2.70. The molecule has 1 aliphatic rings. The van der Waals surface area contributed by atoms with Crippen molar-refractivity contribution in [2.45, 2.75) is 39.5 Å². The summed E-state index contributed by atoms with van der Waals surface area (Å²) >= 11 is 0. The third-order valence-corrected chi connectivity index (χ3v) is 2.70. The highest BCUT2D eigenvalue weighted by Gasteiger charge is 2.30. The summed E-state index contributed by atoms with van der Waals surface area (Å²) in [5, 5.41) is 8.74. The van der Waals surface area contributed by atoms with Crippen LogP contribution >= 0.6 is 0 Å². The maximum atomic E-state index is 11.7. The summed E-state index contributed by atoms with van der Waals surface area (Å²) < 4.78 is 0. The van der Waals surface area contributed by atoms with Gasteiger partial charge in [-0.15, -0.1) is 0 Å². The van der Waals surface area contributed by atoms with Gasteiger partial charge in [0.25, 0.3) is 0 Å². The van der Waals surface area contributed by atoms with Crippen LogP contribution in [0.1, 0.15) is 39.5 Å². The summed E-state index contributed by atoms with van der Waals surface area (Å²) in [6, 6.07) is 2.11. The average Bonchev–Trinajstić information content (AvgIpc) is 2.08. The molecule has 2 atom stereocenters. The lowest BCUT2D eigenvalue weighted by molar-refractivity contribution is -0.127. The van der Waals surface area contributed by atoms with Gasteiger partial charge in [-0.3, -0.25) is 4.79 Å². The van der Waals surface area contributed by atoms with Crippen molar-refractivity contribution in [1.82, 2.24) is 0 Å². The van der Waals surface area contributed by atoms with E-state index in [1.807, 2.05) is 0 Å². The van der Waals surface area contributed by atoms with E-state index in [0.29, 0.717) is 5.92 Å². The summed E-state index contributed by atoms with van der Waals surface area (Å²) in [6.45, 7) is 4.26. The smallest absolute Gasteiger partial charge is 0.153 e. The second-order valence-electron chi connectivity index (χ2n) is 4.34. The summed E-state index contributed by atoms with van der Waals surface area (Å²) in [4.78, 5) is 11.7. The van der Waals surface area contributed by atoms with Crippen molar-refractivity contribution < 1.29 is 4.79 Å². The van der Waals surface area contributed by atoms with E-state index in [2.05, 4.69) is 19.9 Å². The summed E-state index contributed by atoms with van der Waals surface area (Å²) in [6.07, 6.45) is 3.78. The minimum atomic E-state index is -0.308. The van der Waals surface area contributed by atoms with Crippen molar-refractivity contribution in [2.75, 3.05) is 0 Å². The monoisotopic (exact) mass is 179 g/mol. The Morgan fingerprint density at radius 3 is 2.77 bits per heavy atom. The number of rotatable bonds is 2. The van der Waals surface area contributed by atoms with E-state index in [9.17, 15) is 4.79 Å². The second kappa shape index (κ2) is 4.41. The molecule has 0 spiro atoms. The number of nitrogens with zero attached hydrogens (tertiary/aromatic N) is 1. The number of carbonyl (C=O) groups excluding carboxylic acids is 1. The van der Waals surface area contributed by atoms with Crippen molar-refractivity contribution in [2.24, 2.45) is 17.8 Å². The lowest BCUT2D eigenvalue weighted by atomic mass is 9.77. The molecule has 2 unspecified atom stereocenters. The van der Waals surface area contributed by atoms with Crippen LogP contribution in [0.5, 0.6) is 0 Å². The quantitative estimate of drug-likeness (QED) is 0.653. The van der Waals surface area contributed by atoms with Gasteiger partial charge in [0, 0.05) is 5.92 Å². The summed E-state index contributed by atoms with van der Waals surface area (Å²) in [7, 11) is 0. The van der Waals surface area contributed by atoms with E-state index in [-0.39, 0.29) is 17.6 Å². The molecule has 13 heavy (non-hydrogen) atoms. The Hall–Kier alpha value is -0.840. The molecule has 1 saturated carbocycles. The second-order valence-corrected chi connectivity index (χ2v) is 4.34. The minimum absolute atomic E-state index is 0.165. The maximum Gasteiger partial charge on any atom is 0.153 e. The molecule has 0 heterocycles. The van der Waals surface area contributed by atoms with Crippen LogP contribution in [0.15, 0.2) is 0 Å². The topological polar surface area (TPSA) is 40.9 Å². The van der Waals surface area contributed by atoms with Gasteiger partial charge in [0.2, 0.25) is 0 Å². The number of ketones is 1. The first-order valence-corrected chi connectivity index (χ1v) is 5.08. The summed E-state index contributed by atoms with van der Waals surface area (Å²) in [5.74, 6) is 0.616. The highest BCUT2D eigenvalue weighted by molar-refractivity contribution is 5.86. The normalized spacial score (nSPS) is 28.9. The van der Waals surface area contributed by atoms with Gasteiger partial charge in [-0.05, 0) is 25.2 Å². The van der Waals surface area contributed by atoms with Crippen LogP contribution in [0, 0.1) is 29.1 Å². The Morgan fingerprint density at radius 1 is 1.54 bits per heavy atom. The number of Topliss-reactive ketones (excluding diaryl/α,β-unsaturated/α-hetero) is 1. The zero-order chi connectivity index (χ0) is 9.84. The largest absolute Gasteiger partial charge is 0.298 e. The van der Waals surface area contributed by atoms with Crippen molar-refractivity contribution in [3.63, 3.8) is 0 Å². The molecule has 1 rings (SSSR count). The van der Waals surface area contributed by atoms with Gasteiger partial charge in [-0.1, -0.05) is 20.3 Å². The third kappa shape index (κ3) is 2.55. The molecule has 0 saturated heterocycles. The molecule has 2 heteroatoms. The standard InChI is InChI=1S/C11H17NO/c1-8(2)6-9-4-3-5-10(7-12)11(9)13/h8-10H,3-6H2,1-2H3. The van der Waals surface area contributed by atoms with Crippen LogP contribution in [-0.4, -0.2) is 5.78 Å². The molecular formula is C11H17NO. The fourth-order valence-electron chi connectivity index (χ4n) is 2.07. The summed E-state index contributed by atoms with van der Waals surface area (Å²) in [5.41, 5.74) is 0. The van der Waals surface area contributed by atoms with Crippen molar-refractivity contribution in [1.29, 1.82) is 5.26 Å². The van der Waals surface area contributed by atoms with Gasteiger partial charge in [0.05, 0.1) is 6.07 Å². The molecule has 72 valence electrons. The van der Waals surface area contributed by atoms with Gasteiger partial charge in [0.15, 0.2) is 5.78 Å². The van der Waals surface area contributed by atoms with E-state index >= 15 is 0 Å². The first-order valence-electron chi connectivity index (χ1n) is 5.08. The number of nitriles is 1. The van der Waals surface area contributed by atoms with Crippen LogP contribution in [0.3, 0.4) is 0 Å². The molecule has 2 nitrogen and oxygen atoms in total. The van der Waals surface area contributed by atoms with Crippen LogP contribution in [0.25, 0.3) is 0 Å². The fraction of sp³-hybridized carbons (Fsp3) is 0.818.